The molecule has 0 radical (unpaired) electrons. The lowest BCUT2D eigenvalue weighted by atomic mass is 9.99. The van der Waals surface area contributed by atoms with E-state index in [9.17, 15) is 20.2 Å². The second-order valence-electron chi connectivity index (χ2n) is 7.35. The fourth-order valence-corrected chi connectivity index (χ4v) is 3.28. The molecular formula is C17H27N7O5. The number of nitrogen functional groups attached to an aromatic ring is 1. The van der Waals surface area contributed by atoms with Gasteiger partial charge in [-0.2, -0.15) is 0 Å². The van der Waals surface area contributed by atoms with Gasteiger partial charge in [-0.3, -0.25) is 10.0 Å². The molecular weight excluding hydrogens is 382 g/mol. The summed E-state index contributed by atoms with van der Waals surface area (Å²) in [5.74, 6) is -0.554. The van der Waals surface area contributed by atoms with Crippen LogP contribution in [0.25, 0.3) is 11.2 Å². The number of hydrogen-bond donors (Lipinski definition) is 5. The van der Waals surface area contributed by atoms with Crippen LogP contribution in [0.3, 0.4) is 0 Å². The second kappa shape index (κ2) is 8.55. The summed E-state index contributed by atoms with van der Waals surface area (Å²) in [5, 5.41) is 31.2. The minimum atomic E-state index is -1.29. The average molecular weight is 409 g/mol. The van der Waals surface area contributed by atoms with Gasteiger partial charge in [-0.15, -0.1) is 0 Å². The third-order valence-corrected chi connectivity index (χ3v) is 5.42. The van der Waals surface area contributed by atoms with Gasteiger partial charge in [0, 0.05) is 0 Å². The minimum Gasteiger partial charge on any atom is -0.388 e. The van der Waals surface area contributed by atoms with Crippen LogP contribution in [0.15, 0.2) is 12.7 Å². The Hall–Kier alpha value is -2.38. The summed E-state index contributed by atoms with van der Waals surface area (Å²) in [6.45, 7) is 3.51. The molecule has 1 saturated heterocycles. The molecule has 0 aliphatic carbocycles. The highest BCUT2D eigenvalue weighted by atomic mass is 16.6. The van der Waals surface area contributed by atoms with Crippen molar-refractivity contribution in [3.05, 3.63) is 12.7 Å². The molecule has 29 heavy (non-hydrogen) atoms. The Morgan fingerprint density at radius 2 is 2.00 bits per heavy atom. The third kappa shape index (κ3) is 4.16. The quantitative estimate of drug-likeness (QED) is 0.266. The molecule has 160 valence electrons. The molecule has 7 N–H and O–H groups in total. The number of anilines is 1. The number of carbonyl (C=O) groups is 1. The Kier molecular flexibility index (Phi) is 6.29. The molecule has 0 saturated carbocycles. The van der Waals surface area contributed by atoms with Gasteiger partial charge >= 0.3 is 0 Å². The van der Waals surface area contributed by atoms with E-state index in [1.54, 1.807) is 4.57 Å². The molecule has 1 aliphatic rings. The van der Waals surface area contributed by atoms with Gasteiger partial charge in [0.15, 0.2) is 11.5 Å². The average Bonchev–Trinajstić information content (AvgIpc) is 3.24. The summed E-state index contributed by atoms with van der Waals surface area (Å²) in [6, 6.07) is -0.869. The topological polar surface area (TPSA) is 186 Å². The Balaban J connectivity index is 1.67. The Bertz CT molecular complexity index is 862. The molecule has 6 atom stereocenters. The zero-order chi connectivity index (χ0) is 21.3. The van der Waals surface area contributed by atoms with Crippen LogP contribution < -0.4 is 11.5 Å². The van der Waals surface area contributed by atoms with E-state index < -0.39 is 36.4 Å². The highest BCUT2D eigenvalue weighted by molar-refractivity contribution is 5.81. The van der Waals surface area contributed by atoms with Gasteiger partial charge in [0.2, 0.25) is 0 Å². The van der Waals surface area contributed by atoms with Crippen molar-refractivity contribution >= 4 is 22.9 Å². The van der Waals surface area contributed by atoms with E-state index in [2.05, 4.69) is 15.0 Å². The molecule has 0 unspecified atom stereocenters. The number of aliphatic hydroxyl groups is 2. The number of rotatable bonds is 7. The predicted molar refractivity (Wildman–Crippen MR) is 101 cm³/mol. The zero-order valence-electron chi connectivity index (χ0n) is 16.3. The second-order valence-corrected chi connectivity index (χ2v) is 7.35. The lowest BCUT2D eigenvalue weighted by molar-refractivity contribution is -0.177. The van der Waals surface area contributed by atoms with E-state index in [0.29, 0.717) is 22.6 Å². The summed E-state index contributed by atoms with van der Waals surface area (Å²) < 4.78 is 7.33. The smallest absolute Gasteiger partial charge is 0.263 e. The summed E-state index contributed by atoms with van der Waals surface area (Å²) in [5.41, 5.74) is 12.5. The van der Waals surface area contributed by atoms with Gasteiger partial charge in [0.1, 0.15) is 36.3 Å². The number of imidazole rings is 1. The Morgan fingerprint density at radius 1 is 1.31 bits per heavy atom. The predicted octanol–water partition coefficient (Wildman–Crippen LogP) is -1.51. The third-order valence-electron chi connectivity index (χ3n) is 5.42. The summed E-state index contributed by atoms with van der Waals surface area (Å²) in [6.07, 6.45) is -0.858. The Morgan fingerprint density at radius 3 is 2.69 bits per heavy atom. The maximum absolute atomic E-state index is 12.2. The summed E-state index contributed by atoms with van der Waals surface area (Å²) in [7, 11) is 0. The van der Waals surface area contributed by atoms with Crippen LogP contribution in [0, 0.1) is 5.92 Å². The number of aromatic nitrogens is 4. The molecule has 1 fully saturated rings. The molecule has 1 aliphatic heterocycles. The monoisotopic (exact) mass is 409 g/mol. The fourth-order valence-electron chi connectivity index (χ4n) is 3.28. The van der Waals surface area contributed by atoms with Crippen molar-refractivity contribution in [2.75, 3.05) is 12.3 Å². The molecule has 0 bridgehead atoms. The highest BCUT2D eigenvalue weighted by Gasteiger charge is 2.44. The lowest BCUT2D eigenvalue weighted by Crippen LogP contribution is -2.49. The Labute approximate surface area is 167 Å². The van der Waals surface area contributed by atoms with E-state index in [0.717, 1.165) is 0 Å². The SMILES string of the molecule is CC[C@H](C)[C@H](N)C(=O)N(O)C[C@H]1O[C@@H](Cn2cnc3c(N)ncnc32)[C@H](O)[C@@H]1O. The first-order valence-corrected chi connectivity index (χ1v) is 9.43. The van der Waals surface area contributed by atoms with Crippen molar-refractivity contribution in [1.82, 2.24) is 24.6 Å². The van der Waals surface area contributed by atoms with Crippen LogP contribution in [-0.4, -0.2) is 82.9 Å². The van der Waals surface area contributed by atoms with Gasteiger partial charge in [-0.05, 0) is 5.92 Å². The first-order chi connectivity index (χ1) is 13.7. The van der Waals surface area contributed by atoms with Gasteiger partial charge in [-0.25, -0.2) is 20.0 Å². The minimum absolute atomic E-state index is 0.117. The van der Waals surface area contributed by atoms with Crippen molar-refractivity contribution < 1.29 is 25.0 Å². The van der Waals surface area contributed by atoms with Crippen LogP contribution in [0.1, 0.15) is 20.3 Å². The number of hydrogen-bond acceptors (Lipinski definition) is 10. The normalized spacial score (nSPS) is 26.6. The molecule has 12 nitrogen and oxygen atoms in total. The van der Waals surface area contributed by atoms with Gasteiger partial charge in [-0.1, -0.05) is 20.3 Å². The number of hydroxylamine groups is 2. The number of fused-ring (bicyclic) bond motifs is 1. The number of ether oxygens (including phenoxy) is 1. The van der Waals surface area contributed by atoms with Crippen LogP contribution >= 0.6 is 0 Å². The standard InChI is InChI=1S/C17H27N7O5/c1-3-8(2)11(18)17(27)24(28)5-10-14(26)13(25)9(29-10)4-23-7-22-12-15(19)20-6-21-16(12)23/h6-11,13-14,25-26,28H,3-5,18H2,1-2H3,(H2,19,20,21)/t8-,9-,10+,11-,13-,14+/m0/s1. The fraction of sp³-hybridized carbons (Fsp3) is 0.647. The molecule has 3 rings (SSSR count). The molecule has 0 aromatic carbocycles. The van der Waals surface area contributed by atoms with Crippen molar-refractivity contribution in [3.8, 4) is 0 Å². The number of carbonyl (C=O) groups excluding carboxylic acids is 1. The van der Waals surface area contributed by atoms with E-state index in [-0.39, 0.29) is 24.8 Å². The first kappa shape index (κ1) is 21.3. The highest BCUT2D eigenvalue weighted by Crippen LogP contribution is 2.25. The molecule has 2 aromatic rings. The van der Waals surface area contributed by atoms with Crippen molar-refractivity contribution in [1.29, 1.82) is 0 Å². The van der Waals surface area contributed by atoms with Gasteiger partial charge in [0.05, 0.1) is 25.5 Å². The molecule has 0 spiro atoms. The summed E-state index contributed by atoms with van der Waals surface area (Å²) >= 11 is 0. The number of aliphatic hydroxyl groups excluding tert-OH is 2. The zero-order valence-corrected chi connectivity index (χ0v) is 16.3. The van der Waals surface area contributed by atoms with E-state index in [1.165, 1.54) is 12.7 Å². The molecule has 1 amide bonds. The lowest BCUT2D eigenvalue weighted by Gasteiger charge is -2.25. The number of nitrogens with zero attached hydrogens (tertiary/aromatic N) is 5. The summed E-state index contributed by atoms with van der Waals surface area (Å²) in [4.78, 5) is 24.4. The van der Waals surface area contributed by atoms with Crippen LogP contribution in [-0.2, 0) is 16.1 Å². The molecule has 3 heterocycles. The maximum atomic E-state index is 12.2. The van der Waals surface area contributed by atoms with Crippen molar-refractivity contribution in [2.24, 2.45) is 11.7 Å². The van der Waals surface area contributed by atoms with E-state index in [1.807, 2.05) is 13.8 Å². The first-order valence-electron chi connectivity index (χ1n) is 9.43. The molecule has 2 aromatic heterocycles. The van der Waals surface area contributed by atoms with Crippen LogP contribution in [0.5, 0.6) is 0 Å². The van der Waals surface area contributed by atoms with Crippen molar-refractivity contribution in [2.45, 2.75) is 57.3 Å². The largest absolute Gasteiger partial charge is 0.388 e. The number of nitrogens with two attached hydrogens (primary N) is 2. The van der Waals surface area contributed by atoms with E-state index in [4.69, 9.17) is 16.2 Å². The maximum Gasteiger partial charge on any atom is 0.263 e. The van der Waals surface area contributed by atoms with Gasteiger partial charge in [0.25, 0.3) is 5.91 Å². The molecule has 12 heteroatoms. The van der Waals surface area contributed by atoms with E-state index >= 15 is 0 Å². The van der Waals surface area contributed by atoms with Crippen LogP contribution in [0.2, 0.25) is 0 Å². The van der Waals surface area contributed by atoms with Crippen LogP contribution in [0.4, 0.5) is 5.82 Å². The van der Waals surface area contributed by atoms with Gasteiger partial charge < -0.3 is 31.0 Å². The number of amides is 1. The van der Waals surface area contributed by atoms with Crippen molar-refractivity contribution in [3.63, 3.8) is 0 Å².